The minimum absolute atomic E-state index is 0.423. The van der Waals surface area contributed by atoms with Crippen molar-refractivity contribution in [2.24, 2.45) is 0 Å². The van der Waals surface area contributed by atoms with Gasteiger partial charge in [-0.3, -0.25) is 0 Å². The van der Waals surface area contributed by atoms with E-state index >= 15 is 0 Å². The van der Waals surface area contributed by atoms with Crippen LogP contribution in [0.1, 0.15) is 31.9 Å². The monoisotopic (exact) mass is 281 g/mol. The Balaban J connectivity index is 2.31. The summed E-state index contributed by atoms with van der Waals surface area (Å²) in [5.74, 6) is 0.885. The topological polar surface area (TPSA) is 39.7 Å². The van der Waals surface area contributed by atoms with Crippen LogP contribution in [-0.2, 0) is 9.47 Å². The minimum atomic E-state index is 0.423. The lowest BCUT2D eigenvalue weighted by Crippen LogP contribution is -2.19. The molecule has 1 aromatic rings. The summed E-state index contributed by atoms with van der Waals surface area (Å²) in [4.78, 5) is 0. The Labute approximate surface area is 122 Å². The molecule has 4 heteroatoms. The lowest BCUT2D eigenvalue weighted by molar-refractivity contribution is 0.0544. The van der Waals surface area contributed by atoms with Gasteiger partial charge in [0.15, 0.2) is 0 Å². The number of nitrogens with one attached hydrogen (secondary N) is 1. The van der Waals surface area contributed by atoms with Crippen molar-refractivity contribution in [3.05, 3.63) is 29.8 Å². The van der Waals surface area contributed by atoms with E-state index in [4.69, 9.17) is 14.2 Å². The van der Waals surface area contributed by atoms with Gasteiger partial charge in [0, 0.05) is 13.2 Å². The van der Waals surface area contributed by atoms with Crippen LogP contribution in [0.25, 0.3) is 0 Å². The second-order valence-electron chi connectivity index (χ2n) is 4.54. The molecule has 0 heterocycles. The molecule has 4 nitrogen and oxygen atoms in total. The summed E-state index contributed by atoms with van der Waals surface area (Å²) in [6.07, 6.45) is 1.08. The smallest absolute Gasteiger partial charge is 0.119 e. The molecule has 114 valence electrons. The minimum Gasteiger partial charge on any atom is -0.491 e. The number of benzene rings is 1. The molecular formula is C16H27NO3. The van der Waals surface area contributed by atoms with Crippen molar-refractivity contribution >= 4 is 0 Å². The molecule has 0 spiro atoms. The molecule has 0 saturated heterocycles. The molecule has 1 unspecified atom stereocenters. The van der Waals surface area contributed by atoms with Crippen molar-refractivity contribution in [2.45, 2.75) is 26.3 Å². The Hall–Kier alpha value is -1.10. The third-order valence-electron chi connectivity index (χ3n) is 3.07. The fraction of sp³-hybridized carbons (Fsp3) is 0.625. The first kappa shape index (κ1) is 17.0. The van der Waals surface area contributed by atoms with E-state index in [-0.39, 0.29) is 0 Å². The quantitative estimate of drug-likeness (QED) is 0.633. The number of hydrogen-bond acceptors (Lipinski definition) is 4. The van der Waals surface area contributed by atoms with Crippen molar-refractivity contribution in [2.75, 3.05) is 40.1 Å². The molecule has 0 amide bonds. The van der Waals surface area contributed by atoms with Crippen molar-refractivity contribution in [3.8, 4) is 5.75 Å². The van der Waals surface area contributed by atoms with Crippen molar-refractivity contribution in [1.82, 2.24) is 5.32 Å². The molecule has 0 fully saturated rings. The van der Waals surface area contributed by atoms with E-state index in [2.05, 4.69) is 31.3 Å². The molecule has 0 aliphatic heterocycles. The standard InChI is InChI=1S/C16H27NO3/c1-4-16(17-5-2)14-6-8-15(9-7-14)20-13-12-19-11-10-18-3/h6-9,16-17H,4-5,10-13H2,1-3H3. The molecule has 1 atom stereocenters. The van der Waals surface area contributed by atoms with Crippen LogP contribution in [0.2, 0.25) is 0 Å². The first-order valence-electron chi connectivity index (χ1n) is 7.34. The molecule has 0 saturated carbocycles. The average molecular weight is 281 g/mol. The Morgan fingerprint density at radius 2 is 1.70 bits per heavy atom. The number of ether oxygens (including phenoxy) is 3. The van der Waals surface area contributed by atoms with Gasteiger partial charge in [0.2, 0.25) is 0 Å². The van der Waals surface area contributed by atoms with Gasteiger partial charge in [-0.25, -0.2) is 0 Å². The van der Waals surface area contributed by atoms with Crippen LogP contribution in [0.4, 0.5) is 0 Å². The van der Waals surface area contributed by atoms with Crippen molar-refractivity contribution < 1.29 is 14.2 Å². The zero-order valence-electron chi connectivity index (χ0n) is 12.9. The Bertz CT molecular complexity index is 340. The molecule has 20 heavy (non-hydrogen) atoms. The van der Waals surface area contributed by atoms with E-state index in [1.54, 1.807) is 7.11 Å². The van der Waals surface area contributed by atoms with E-state index in [1.807, 2.05) is 12.1 Å². The highest BCUT2D eigenvalue weighted by Crippen LogP contribution is 2.20. The van der Waals surface area contributed by atoms with E-state index in [1.165, 1.54) is 5.56 Å². The van der Waals surface area contributed by atoms with Crippen LogP contribution in [-0.4, -0.2) is 40.1 Å². The van der Waals surface area contributed by atoms with Gasteiger partial charge in [0.1, 0.15) is 12.4 Å². The number of hydrogen-bond donors (Lipinski definition) is 1. The summed E-state index contributed by atoms with van der Waals surface area (Å²) >= 11 is 0. The van der Waals surface area contributed by atoms with E-state index in [0.717, 1.165) is 18.7 Å². The maximum absolute atomic E-state index is 5.63. The molecule has 1 N–H and O–H groups in total. The number of rotatable bonds is 11. The Morgan fingerprint density at radius 3 is 2.30 bits per heavy atom. The summed E-state index contributed by atoms with van der Waals surface area (Å²) < 4.78 is 15.9. The van der Waals surface area contributed by atoms with Gasteiger partial charge in [-0.1, -0.05) is 26.0 Å². The van der Waals surface area contributed by atoms with Crippen molar-refractivity contribution in [1.29, 1.82) is 0 Å². The summed E-state index contributed by atoms with van der Waals surface area (Å²) in [7, 11) is 1.67. The van der Waals surface area contributed by atoms with Crippen LogP contribution in [0.5, 0.6) is 5.75 Å². The molecule has 0 aliphatic carbocycles. The normalized spacial score (nSPS) is 12.3. The lowest BCUT2D eigenvalue weighted by Gasteiger charge is -2.16. The first-order valence-corrected chi connectivity index (χ1v) is 7.34. The maximum atomic E-state index is 5.63. The molecule has 0 aromatic heterocycles. The van der Waals surface area contributed by atoms with Crippen LogP contribution < -0.4 is 10.1 Å². The highest BCUT2D eigenvalue weighted by molar-refractivity contribution is 5.29. The average Bonchev–Trinajstić information content (AvgIpc) is 2.49. The zero-order chi connectivity index (χ0) is 14.6. The fourth-order valence-electron chi connectivity index (χ4n) is 2.00. The van der Waals surface area contributed by atoms with E-state index in [9.17, 15) is 0 Å². The highest BCUT2D eigenvalue weighted by Gasteiger charge is 2.07. The van der Waals surface area contributed by atoms with Crippen LogP contribution in [0.3, 0.4) is 0 Å². The largest absolute Gasteiger partial charge is 0.491 e. The molecule has 0 radical (unpaired) electrons. The fourth-order valence-corrected chi connectivity index (χ4v) is 2.00. The molecular weight excluding hydrogens is 254 g/mol. The summed E-state index contributed by atoms with van der Waals surface area (Å²) in [5.41, 5.74) is 1.30. The summed E-state index contributed by atoms with van der Waals surface area (Å²) in [5, 5.41) is 3.47. The summed E-state index contributed by atoms with van der Waals surface area (Å²) in [6, 6.07) is 8.71. The predicted octanol–water partition coefficient (Wildman–Crippen LogP) is 2.79. The predicted molar refractivity (Wildman–Crippen MR) is 81.3 cm³/mol. The highest BCUT2D eigenvalue weighted by atomic mass is 16.5. The maximum Gasteiger partial charge on any atom is 0.119 e. The van der Waals surface area contributed by atoms with Crippen LogP contribution in [0, 0.1) is 0 Å². The van der Waals surface area contributed by atoms with Gasteiger partial charge in [0.05, 0.1) is 19.8 Å². The first-order chi connectivity index (χ1) is 9.81. The van der Waals surface area contributed by atoms with Gasteiger partial charge >= 0.3 is 0 Å². The van der Waals surface area contributed by atoms with Gasteiger partial charge in [0.25, 0.3) is 0 Å². The third-order valence-corrected chi connectivity index (χ3v) is 3.07. The third kappa shape index (κ3) is 6.37. The molecule has 0 bridgehead atoms. The van der Waals surface area contributed by atoms with E-state index in [0.29, 0.717) is 32.5 Å². The van der Waals surface area contributed by atoms with Crippen molar-refractivity contribution in [3.63, 3.8) is 0 Å². The number of methoxy groups -OCH3 is 1. The SMILES string of the molecule is CCNC(CC)c1ccc(OCCOCCOC)cc1. The second-order valence-corrected chi connectivity index (χ2v) is 4.54. The van der Waals surface area contributed by atoms with Crippen LogP contribution >= 0.6 is 0 Å². The molecule has 0 aliphatic rings. The lowest BCUT2D eigenvalue weighted by atomic mass is 10.0. The van der Waals surface area contributed by atoms with Crippen LogP contribution in [0.15, 0.2) is 24.3 Å². The van der Waals surface area contributed by atoms with E-state index < -0.39 is 0 Å². The van der Waals surface area contributed by atoms with Gasteiger partial charge in [-0.05, 0) is 30.7 Å². The van der Waals surface area contributed by atoms with Gasteiger partial charge in [-0.15, -0.1) is 0 Å². The Kier molecular flexibility index (Phi) is 9.04. The van der Waals surface area contributed by atoms with Gasteiger partial charge in [-0.2, -0.15) is 0 Å². The molecule has 1 aromatic carbocycles. The molecule has 1 rings (SSSR count). The summed E-state index contributed by atoms with van der Waals surface area (Å²) in [6.45, 7) is 7.68. The second kappa shape index (κ2) is 10.7. The van der Waals surface area contributed by atoms with Gasteiger partial charge < -0.3 is 19.5 Å². The zero-order valence-corrected chi connectivity index (χ0v) is 12.9. The Morgan fingerprint density at radius 1 is 1.00 bits per heavy atom.